The Balaban J connectivity index is 1.02. The molecule has 11 aromatic rings. The van der Waals surface area contributed by atoms with E-state index in [0.717, 1.165) is 60.5 Å². The number of nitrogen functional groups attached to an aromatic ring is 1. The van der Waals surface area contributed by atoms with E-state index in [9.17, 15) is 20.4 Å². The number of anilines is 1. The van der Waals surface area contributed by atoms with Crippen molar-refractivity contribution in [2.24, 2.45) is 0 Å². The Hall–Kier alpha value is -8.28. The molecule has 0 spiro atoms. The second kappa shape index (κ2) is 13.9. The first kappa shape index (κ1) is 35.8. The molecule has 0 radical (unpaired) electrons. The molecule has 0 unspecified atom stereocenters. The number of phenolic OH excluding ortho intramolecular Hbond substituents is 4. The van der Waals surface area contributed by atoms with Gasteiger partial charge in [-0.15, -0.1) is 0 Å². The molecule has 0 aliphatic rings. The van der Waals surface area contributed by atoms with E-state index in [1.54, 1.807) is 0 Å². The van der Waals surface area contributed by atoms with E-state index in [4.69, 9.17) is 5.73 Å². The summed E-state index contributed by atoms with van der Waals surface area (Å²) in [4.78, 5) is 0. The summed E-state index contributed by atoms with van der Waals surface area (Å²) in [6, 6.07) is 65.5. The van der Waals surface area contributed by atoms with Crippen molar-refractivity contribution >= 4 is 59.5 Å². The van der Waals surface area contributed by atoms with Crippen molar-refractivity contribution in [2.45, 2.75) is 0 Å². The average Bonchev–Trinajstić information content (AvgIpc) is 3.32. The molecule has 0 aliphatic carbocycles. The minimum Gasteiger partial charge on any atom is -0.504 e. The molecule has 0 aromatic heterocycles. The van der Waals surface area contributed by atoms with Gasteiger partial charge in [-0.1, -0.05) is 170 Å². The molecule has 5 nitrogen and oxygen atoms in total. The third kappa shape index (κ3) is 5.70. The fraction of sp³-hybridized carbons (Fsp3) is 0. The van der Waals surface area contributed by atoms with Gasteiger partial charge in [0.05, 0.1) is 11.3 Å². The van der Waals surface area contributed by atoms with Crippen LogP contribution in [-0.2, 0) is 0 Å². The zero-order valence-electron chi connectivity index (χ0n) is 32.8. The molecule has 290 valence electrons. The highest BCUT2D eigenvalue weighted by Crippen LogP contribution is 2.56. The van der Waals surface area contributed by atoms with Crippen LogP contribution in [0.3, 0.4) is 0 Å². The summed E-state index contributed by atoms with van der Waals surface area (Å²) >= 11 is 0. The van der Waals surface area contributed by atoms with Crippen LogP contribution in [0, 0.1) is 0 Å². The van der Waals surface area contributed by atoms with Crippen LogP contribution in [0.1, 0.15) is 0 Å². The summed E-state index contributed by atoms with van der Waals surface area (Å²) in [7, 11) is 0. The molecular weight excluding hydrogens is 751 g/mol. The smallest absolute Gasteiger partial charge is 0.206 e. The van der Waals surface area contributed by atoms with E-state index in [1.165, 1.54) is 37.9 Å². The Labute approximate surface area is 351 Å². The van der Waals surface area contributed by atoms with E-state index in [2.05, 4.69) is 127 Å². The molecule has 0 amide bonds. The molecule has 0 saturated heterocycles. The maximum atomic E-state index is 11.4. The molecule has 5 heteroatoms. The molecule has 0 bridgehead atoms. The van der Waals surface area contributed by atoms with Crippen molar-refractivity contribution < 1.29 is 20.4 Å². The van der Waals surface area contributed by atoms with Gasteiger partial charge in [0, 0.05) is 5.56 Å². The minimum atomic E-state index is -0.875. The second-order valence-electron chi connectivity index (χ2n) is 15.6. The van der Waals surface area contributed by atoms with E-state index in [1.807, 2.05) is 60.7 Å². The Morgan fingerprint density at radius 1 is 0.262 bits per heavy atom. The number of benzene rings is 11. The average molecular weight is 788 g/mol. The normalized spacial score (nSPS) is 11.6. The predicted molar refractivity (Wildman–Crippen MR) is 252 cm³/mol. The van der Waals surface area contributed by atoms with Crippen molar-refractivity contribution in [3.8, 4) is 78.6 Å². The number of fused-ring (bicyclic) bond motifs is 6. The fourth-order valence-corrected chi connectivity index (χ4v) is 9.24. The third-order valence-corrected chi connectivity index (χ3v) is 12.3. The molecule has 0 saturated carbocycles. The van der Waals surface area contributed by atoms with Crippen LogP contribution in [0.2, 0.25) is 0 Å². The van der Waals surface area contributed by atoms with Crippen LogP contribution in [0.15, 0.2) is 188 Å². The summed E-state index contributed by atoms with van der Waals surface area (Å²) in [5.74, 6) is -3.03. The number of rotatable bonds is 5. The Bertz CT molecular complexity index is 3530. The lowest BCUT2D eigenvalue weighted by Crippen LogP contribution is -1.97. The van der Waals surface area contributed by atoms with E-state index >= 15 is 0 Å². The van der Waals surface area contributed by atoms with Gasteiger partial charge in [0.15, 0.2) is 11.5 Å². The molecule has 61 heavy (non-hydrogen) atoms. The van der Waals surface area contributed by atoms with Crippen LogP contribution >= 0.6 is 0 Å². The summed E-state index contributed by atoms with van der Waals surface area (Å²) in [6.45, 7) is 0. The van der Waals surface area contributed by atoms with Gasteiger partial charge in [-0.2, -0.15) is 0 Å². The summed E-state index contributed by atoms with van der Waals surface area (Å²) in [6.07, 6.45) is 0. The summed E-state index contributed by atoms with van der Waals surface area (Å²) in [5, 5.41) is 54.0. The highest BCUT2D eigenvalue weighted by atomic mass is 16.3. The molecule has 0 atom stereocenters. The van der Waals surface area contributed by atoms with E-state index in [0.29, 0.717) is 5.56 Å². The summed E-state index contributed by atoms with van der Waals surface area (Å²) in [5.41, 5.74) is 15.2. The van der Waals surface area contributed by atoms with Gasteiger partial charge >= 0.3 is 0 Å². The first-order valence-corrected chi connectivity index (χ1v) is 20.2. The number of nitrogens with two attached hydrogens (primary N) is 1. The first-order valence-electron chi connectivity index (χ1n) is 20.2. The molecule has 6 N–H and O–H groups in total. The van der Waals surface area contributed by atoms with Crippen molar-refractivity contribution in [3.05, 3.63) is 188 Å². The maximum Gasteiger partial charge on any atom is 0.206 e. The van der Waals surface area contributed by atoms with Gasteiger partial charge in [0.1, 0.15) is 0 Å². The third-order valence-electron chi connectivity index (χ3n) is 12.3. The quantitative estimate of drug-likeness (QED) is 0.0393. The first-order chi connectivity index (χ1) is 29.8. The molecule has 0 fully saturated rings. The fourth-order valence-electron chi connectivity index (χ4n) is 9.24. The topological polar surface area (TPSA) is 107 Å². The standard InChI is InChI=1S/C56H37NO4/c57-52-51(53(58)55(60)56(61)54(52)59)50-45-14-7-6-13-44(45)49(46-28-25-39(31-48(46)50)32-9-2-1-3-10-32)36-23-19-34(20-24-36)33-17-21-35(22-18-33)41-15-8-16-42-43(41)27-26-40-29-37-11-4-5-12-38(37)30-47(40)42/h1-31,58-61H,57H2. The van der Waals surface area contributed by atoms with Crippen LogP contribution in [0.4, 0.5) is 5.69 Å². The van der Waals surface area contributed by atoms with Crippen molar-refractivity contribution in [1.29, 1.82) is 0 Å². The van der Waals surface area contributed by atoms with E-state index in [-0.39, 0.29) is 11.3 Å². The number of hydrogen-bond donors (Lipinski definition) is 5. The SMILES string of the molecule is Nc1c(O)c(O)c(O)c(O)c1-c1c2ccccc2c(-c2ccc(-c3ccc(-c4cccc5c4ccc4cc6ccccc6cc45)cc3)cc2)c2ccc(-c3ccccc3)cc12. The van der Waals surface area contributed by atoms with Gasteiger partial charge in [-0.25, -0.2) is 0 Å². The van der Waals surface area contributed by atoms with Crippen molar-refractivity contribution in [1.82, 2.24) is 0 Å². The van der Waals surface area contributed by atoms with Crippen LogP contribution in [-0.4, -0.2) is 20.4 Å². The maximum absolute atomic E-state index is 11.4. The van der Waals surface area contributed by atoms with Gasteiger partial charge in [-0.3, -0.25) is 0 Å². The highest BCUT2D eigenvalue weighted by Gasteiger charge is 2.27. The lowest BCUT2D eigenvalue weighted by Gasteiger charge is -2.21. The minimum absolute atomic E-state index is 0.0371. The highest BCUT2D eigenvalue weighted by molar-refractivity contribution is 6.24. The summed E-state index contributed by atoms with van der Waals surface area (Å²) < 4.78 is 0. The van der Waals surface area contributed by atoms with Gasteiger partial charge in [-0.05, 0) is 117 Å². The number of hydrogen-bond acceptors (Lipinski definition) is 5. The number of aromatic hydroxyl groups is 4. The monoisotopic (exact) mass is 787 g/mol. The van der Waals surface area contributed by atoms with Gasteiger partial charge in [0.25, 0.3) is 0 Å². The van der Waals surface area contributed by atoms with Crippen LogP contribution in [0.5, 0.6) is 23.0 Å². The second-order valence-corrected chi connectivity index (χ2v) is 15.6. The zero-order valence-corrected chi connectivity index (χ0v) is 32.8. The Morgan fingerprint density at radius 2 is 0.787 bits per heavy atom. The zero-order chi connectivity index (χ0) is 41.4. The molecule has 11 aromatic carbocycles. The van der Waals surface area contributed by atoms with Crippen molar-refractivity contribution in [3.63, 3.8) is 0 Å². The van der Waals surface area contributed by atoms with Crippen LogP contribution < -0.4 is 5.73 Å². The molecule has 11 rings (SSSR count). The van der Waals surface area contributed by atoms with Gasteiger partial charge in [0.2, 0.25) is 11.5 Å². The van der Waals surface area contributed by atoms with Crippen LogP contribution in [0.25, 0.3) is 109 Å². The lowest BCUT2D eigenvalue weighted by atomic mass is 9.83. The largest absolute Gasteiger partial charge is 0.504 e. The number of phenols is 4. The predicted octanol–water partition coefficient (Wildman–Crippen LogP) is 14.2. The Morgan fingerprint density at radius 3 is 1.51 bits per heavy atom. The lowest BCUT2D eigenvalue weighted by molar-refractivity contribution is 0.348. The van der Waals surface area contributed by atoms with Crippen molar-refractivity contribution in [2.75, 3.05) is 5.73 Å². The van der Waals surface area contributed by atoms with Gasteiger partial charge < -0.3 is 26.2 Å². The molecule has 0 heterocycles. The Kier molecular flexibility index (Phi) is 8.19. The molecule has 0 aliphatic heterocycles. The molecular formula is C56H37NO4. The van der Waals surface area contributed by atoms with E-state index < -0.39 is 23.0 Å².